The van der Waals surface area contributed by atoms with E-state index in [0.29, 0.717) is 18.7 Å². The maximum absolute atomic E-state index is 12.0. The zero-order valence-corrected chi connectivity index (χ0v) is 11.7. The minimum atomic E-state index is -0.141. The van der Waals surface area contributed by atoms with Crippen LogP contribution in [-0.2, 0) is 9.53 Å². The van der Waals surface area contributed by atoms with Crippen LogP contribution in [0.1, 0.15) is 46.0 Å². The third-order valence-electron chi connectivity index (χ3n) is 3.94. The lowest BCUT2D eigenvalue weighted by Crippen LogP contribution is -2.51. The van der Waals surface area contributed by atoms with Crippen LogP contribution in [0.3, 0.4) is 0 Å². The molecule has 2 fully saturated rings. The molecular weight excluding hydrogens is 228 g/mol. The first-order valence-corrected chi connectivity index (χ1v) is 7.37. The molecule has 2 aliphatic rings. The Balaban J connectivity index is 1.88. The normalized spacial score (nSPS) is 26.9. The molecule has 104 valence electrons. The second kappa shape index (κ2) is 6.53. The van der Waals surface area contributed by atoms with Crippen LogP contribution in [0.4, 0.5) is 0 Å². The summed E-state index contributed by atoms with van der Waals surface area (Å²) in [5.41, 5.74) is 0. The molecule has 1 heterocycles. The third-order valence-corrected chi connectivity index (χ3v) is 3.94. The van der Waals surface area contributed by atoms with Crippen LogP contribution in [0.2, 0.25) is 0 Å². The minimum absolute atomic E-state index is 0.0813. The molecule has 0 aromatic rings. The first-order chi connectivity index (χ1) is 8.70. The van der Waals surface area contributed by atoms with Crippen LogP contribution in [0, 0.1) is 0 Å². The van der Waals surface area contributed by atoms with Crippen molar-refractivity contribution >= 4 is 5.97 Å². The van der Waals surface area contributed by atoms with Crippen molar-refractivity contribution < 1.29 is 9.53 Å². The molecule has 1 saturated carbocycles. The van der Waals surface area contributed by atoms with Gasteiger partial charge in [0.25, 0.3) is 0 Å². The Bertz CT molecular complexity index is 279. The van der Waals surface area contributed by atoms with Crippen molar-refractivity contribution in [1.29, 1.82) is 0 Å². The van der Waals surface area contributed by atoms with E-state index >= 15 is 0 Å². The van der Waals surface area contributed by atoms with Gasteiger partial charge in [0.1, 0.15) is 6.04 Å². The zero-order valence-electron chi connectivity index (χ0n) is 11.7. The first kappa shape index (κ1) is 13.8. The predicted octanol–water partition coefficient (Wildman–Crippen LogP) is 1.54. The molecule has 18 heavy (non-hydrogen) atoms. The van der Waals surface area contributed by atoms with Crippen LogP contribution in [0.25, 0.3) is 0 Å². The zero-order chi connectivity index (χ0) is 13.0. The molecular formula is C14H26N2O2. The second-order valence-corrected chi connectivity index (χ2v) is 5.59. The largest absolute Gasteiger partial charge is 0.465 e. The molecule has 0 bridgehead atoms. The standard InChI is InChI=1S/C14H26N2O2/c1-3-18-14(17)13(15-12-7-8-12)10-16-9-5-4-6-11(16)2/h11-13,15H,3-10H2,1-2H3. The molecule has 2 unspecified atom stereocenters. The van der Waals surface area contributed by atoms with Crippen molar-refractivity contribution in [2.24, 2.45) is 0 Å². The number of esters is 1. The number of likely N-dealkylation sites (tertiary alicyclic amines) is 1. The van der Waals surface area contributed by atoms with Gasteiger partial charge in [0.05, 0.1) is 6.61 Å². The highest BCUT2D eigenvalue weighted by Crippen LogP contribution is 2.21. The summed E-state index contributed by atoms with van der Waals surface area (Å²) in [5.74, 6) is -0.0813. The monoisotopic (exact) mass is 254 g/mol. The fraction of sp³-hybridized carbons (Fsp3) is 0.929. The molecule has 0 aromatic heterocycles. The van der Waals surface area contributed by atoms with Crippen LogP contribution in [-0.4, -0.2) is 48.7 Å². The van der Waals surface area contributed by atoms with Gasteiger partial charge in [-0.3, -0.25) is 9.69 Å². The van der Waals surface area contributed by atoms with Crippen molar-refractivity contribution in [3.63, 3.8) is 0 Å². The van der Waals surface area contributed by atoms with Gasteiger partial charge in [-0.15, -0.1) is 0 Å². The molecule has 0 aromatic carbocycles. The highest BCUT2D eigenvalue weighted by atomic mass is 16.5. The van der Waals surface area contributed by atoms with E-state index in [1.165, 1.54) is 32.1 Å². The minimum Gasteiger partial charge on any atom is -0.465 e. The maximum Gasteiger partial charge on any atom is 0.324 e. The Morgan fingerprint density at radius 1 is 1.39 bits per heavy atom. The number of carbonyl (C=O) groups excluding carboxylic acids is 1. The van der Waals surface area contributed by atoms with E-state index in [1.807, 2.05) is 6.92 Å². The molecule has 2 atom stereocenters. The molecule has 0 radical (unpaired) electrons. The van der Waals surface area contributed by atoms with E-state index in [-0.39, 0.29) is 12.0 Å². The SMILES string of the molecule is CCOC(=O)C(CN1CCCCC1C)NC1CC1. The first-order valence-electron chi connectivity index (χ1n) is 7.37. The number of hydrogen-bond acceptors (Lipinski definition) is 4. The summed E-state index contributed by atoms with van der Waals surface area (Å²) in [5, 5.41) is 3.43. The Hall–Kier alpha value is -0.610. The van der Waals surface area contributed by atoms with Gasteiger partial charge in [-0.25, -0.2) is 0 Å². The number of ether oxygens (including phenoxy) is 1. The van der Waals surface area contributed by atoms with E-state index < -0.39 is 0 Å². The fourth-order valence-corrected chi connectivity index (χ4v) is 2.64. The van der Waals surface area contributed by atoms with Gasteiger partial charge in [0.2, 0.25) is 0 Å². The Kier molecular flexibility index (Phi) is 5.01. The fourth-order valence-electron chi connectivity index (χ4n) is 2.64. The summed E-state index contributed by atoms with van der Waals surface area (Å²) in [6.45, 7) is 6.52. The predicted molar refractivity (Wildman–Crippen MR) is 71.5 cm³/mol. The van der Waals surface area contributed by atoms with Crippen LogP contribution in [0.15, 0.2) is 0 Å². The number of rotatable bonds is 6. The van der Waals surface area contributed by atoms with E-state index in [1.54, 1.807) is 0 Å². The lowest BCUT2D eigenvalue weighted by atomic mass is 10.0. The number of hydrogen-bond donors (Lipinski definition) is 1. The Morgan fingerprint density at radius 2 is 2.17 bits per heavy atom. The molecule has 1 aliphatic heterocycles. The molecule has 0 spiro atoms. The van der Waals surface area contributed by atoms with E-state index in [0.717, 1.165) is 13.1 Å². The summed E-state index contributed by atoms with van der Waals surface area (Å²) < 4.78 is 5.18. The van der Waals surface area contributed by atoms with Crippen molar-refractivity contribution in [1.82, 2.24) is 10.2 Å². The number of nitrogens with one attached hydrogen (secondary N) is 1. The quantitative estimate of drug-likeness (QED) is 0.730. The van der Waals surface area contributed by atoms with Gasteiger partial charge in [-0.05, 0) is 46.1 Å². The molecule has 2 rings (SSSR count). The average Bonchev–Trinajstić information content (AvgIpc) is 3.15. The van der Waals surface area contributed by atoms with Crippen LogP contribution < -0.4 is 5.32 Å². The summed E-state index contributed by atoms with van der Waals surface area (Å²) in [6, 6.07) is 0.995. The van der Waals surface area contributed by atoms with Crippen molar-refractivity contribution in [2.75, 3.05) is 19.7 Å². The maximum atomic E-state index is 12.0. The van der Waals surface area contributed by atoms with Crippen LogP contribution >= 0.6 is 0 Å². The summed E-state index contributed by atoms with van der Waals surface area (Å²) in [4.78, 5) is 14.4. The molecule has 1 saturated heterocycles. The van der Waals surface area contributed by atoms with E-state index in [9.17, 15) is 4.79 Å². The summed E-state index contributed by atoms with van der Waals surface area (Å²) >= 11 is 0. The van der Waals surface area contributed by atoms with Gasteiger partial charge >= 0.3 is 5.97 Å². The van der Waals surface area contributed by atoms with Crippen molar-refractivity contribution in [3.8, 4) is 0 Å². The Morgan fingerprint density at radius 3 is 2.78 bits per heavy atom. The van der Waals surface area contributed by atoms with Gasteiger partial charge < -0.3 is 10.1 Å². The lowest BCUT2D eigenvalue weighted by molar-refractivity contribution is -0.146. The molecule has 1 N–H and O–H groups in total. The molecule has 1 aliphatic carbocycles. The smallest absolute Gasteiger partial charge is 0.324 e. The molecule has 0 amide bonds. The summed E-state index contributed by atoms with van der Waals surface area (Å²) in [7, 11) is 0. The van der Waals surface area contributed by atoms with Gasteiger partial charge in [-0.1, -0.05) is 6.42 Å². The second-order valence-electron chi connectivity index (χ2n) is 5.59. The molecule has 4 heteroatoms. The van der Waals surface area contributed by atoms with E-state index in [4.69, 9.17) is 4.74 Å². The van der Waals surface area contributed by atoms with Crippen LogP contribution in [0.5, 0.6) is 0 Å². The number of carbonyl (C=O) groups is 1. The van der Waals surface area contributed by atoms with E-state index in [2.05, 4.69) is 17.1 Å². The topological polar surface area (TPSA) is 41.6 Å². The van der Waals surface area contributed by atoms with Gasteiger partial charge in [0, 0.05) is 18.6 Å². The highest BCUT2D eigenvalue weighted by molar-refractivity contribution is 5.76. The van der Waals surface area contributed by atoms with Gasteiger partial charge in [-0.2, -0.15) is 0 Å². The highest BCUT2D eigenvalue weighted by Gasteiger charge is 2.32. The van der Waals surface area contributed by atoms with Crippen molar-refractivity contribution in [2.45, 2.75) is 64.1 Å². The lowest BCUT2D eigenvalue weighted by Gasteiger charge is -2.35. The molecule has 4 nitrogen and oxygen atoms in total. The average molecular weight is 254 g/mol. The number of piperidine rings is 1. The third kappa shape index (κ3) is 3.95. The Labute approximate surface area is 110 Å². The summed E-state index contributed by atoms with van der Waals surface area (Å²) in [6.07, 6.45) is 6.22. The van der Waals surface area contributed by atoms with Crippen molar-refractivity contribution in [3.05, 3.63) is 0 Å². The number of nitrogens with zero attached hydrogens (tertiary/aromatic N) is 1. The van der Waals surface area contributed by atoms with Gasteiger partial charge in [0.15, 0.2) is 0 Å².